The third kappa shape index (κ3) is 4.32. The number of allylic oxidation sites excluding steroid dienone is 1. The van der Waals surface area contributed by atoms with E-state index < -0.39 is 0 Å². The van der Waals surface area contributed by atoms with Gasteiger partial charge in [0.1, 0.15) is 0 Å². The molecule has 0 aliphatic heterocycles. The minimum atomic E-state index is -0.388. The lowest BCUT2D eigenvalue weighted by Crippen LogP contribution is -2.49. The molecule has 1 unspecified atom stereocenters. The number of carbonyl (C=O) groups is 1. The molecule has 0 heterocycles. The molecule has 1 atom stereocenters. The molecule has 0 aromatic rings. The van der Waals surface area contributed by atoms with Gasteiger partial charge < -0.3 is 14.2 Å². The quantitative estimate of drug-likeness (QED) is 0.528. The Labute approximate surface area is 135 Å². The minimum Gasteiger partial charge on any atom is -0.466 e. The normalized spacial score (nSPS) is 23.1. The van der Waals surface area contributed by atoms with E-state index in [1.54, 1.807) is 7.11 Å². The van der Waals surface area contributed by atoms with Crippen LogP contribution in [0.4, 0.5) is 0 Å². The predicted octanol–water partition coefficient (Wildman–Crippen LogP) is 3.89. The Bertz CT molecular complexity index is 423. The molecule has 4 heteroatoms. The average molecular weight is 312 g/mol. The third-order valence-electron chi connectivity index (χ3n) is 5.19. The summed E-state index contributed by atoms with van der Waals surface area (Å²) in [6.07, 6.45) is 4.54. The molecule has 0 radical (unpaired) electrons. The number of methoxy groups -OCH3 is 1. The van der Waals surface area contributed by atoms with E-state index in [1.807, 2.05) is 41.5 Å². The van der Waals surface area contributed by atoms with E-state index >= 15 is 0 Å². The van der Waals surface area contributed by atoms with Gasteiger partial charge in [-0.05, 0) is 66.4 Å². The van der Waals surface area contributed by atoms with Crippen molar-refractivity contribution >= 4 is 5.97 Å². The number of rotatable bonds is 7. The first kappa shape index (κ1) is 19.2. The second-order valence-corrected chi connectivity index (χ2v) is 7.36. The summed E-state index contributed by atoms with van der Waals surface area (Å²) in [4.78, 5) is 12.0. The SMILES string of the molecule is CCOC(=O)C1(C)CC=C(COC(C)(C)C(C)(C)OC)CC1. The lowest BCUT2D eigenvalue weighted by Gasteiger charge is -2.40. The highest BCUT2D eigenvalue weighted by molar-refractivity contribution is 5.76. The van der Waals surface area contributed by atoms with Crippen molar-refractivity contribution in [3.8, 4) is 0 Å². The molecule has 0 amide bonds. The van der Waals surface area contributed by atoms with Crippen LogP contribution in [0.5, 0.6) is 0 Å². The van der Waals surface area contributed by atoms with E-state index in [0.717, 1.165) is 19.3 Å². The topological polar surface area (TPSA) is 44.8 Å². The van der Waals surface area contributed by atoms with Crippen LogP contribution in [0.3, 0.4) is 0 Å². The molecule has 128 valence electrons. The van der Waals surface area contributed by atoms with Gasteiger partial charge in [-0.15, -0.1) is 0 Å². The van der Waals surface area contributed by atoms with E-state index in [-0.39, 0.29) is 22.6 Å². The van der Waals surface area contributed by atoms with Crippen LogP contribution in [0.2, 0.25) is 0 Å². The highest BCUT2D eigenvalue weighted by Gasteiger charge is 2.39. The van der Waals surface area contributed by atoms with Crippen LogP contribution in [-0.2, 0) is 19.0 Å². The molecule has 0 N–H and O–H groups in total. The van der Waals surface area contributed by atoms with Gasteiger partial charge in [-0.2, -0.15) is 0 Å². The van der Waals surface area contributed by atoms with Gasteiger partial charge in [0.05, 0.1) is 29.8 Å². The molecule has 4 nitrogen and oxygen atoms in total. The Morgan fingerprint density at radius 3 is 2.36 bits per heavy atom. The fourth-order valence-corrected chi connectivity index (χ4v) is 2.32. The molecule has 0 saturated carbocycles. The van der Waals surface area contributed by atoms with Gasteiger partial charge in [0, 0.05) is 7.11 Å². The van der Waals surface area contributed by atoms with Crippen LogP contribution in [0.15, 0.2) is 11.6 Å². The van der Waals surface area contributed by atoms with Gasteiger partial charge in [-0.3, -0.25) is 4.79 Å². The van der Waals surface area contributed by atoms with E-state index in [0.29, 0.717) is 13.2 Å². The number of esters is 1. The van der Waals surface area contributed by atoms with Crippen molar-refractivity contribution in [2.45, 2.75) is 72.0 Å². The van der Waals surface area contributed by atoms with Crippen molar-refractivity contribution in [3.05, 3.63) is 11.6 Å². The molecule has 0 aromatic carbocycles. The molecule has 0 aromatic heterocycles. The van der Waals surface area contributed by atoms with Crippen molar-refractivity contribution in [2.75, 3.05) is 20.3 Å². The summed E-state index contributed by atoms with van der Waals surface area (Å²) in [5, 5.41) is 0. The van der Waals surface area contributed by atoms with E-state index in [2.05, 4.69) is 6.08 Å². The van der Waals surface area contributed by atoms with Gasteiger partial charge >= 0.3 is 5.97 Å². The van der Waals surface area contributed by atoms with Crippen LogP contribution < -0.4 is 0 Å². The number of hydrogen-bond donors (Lipinski definition) is 0. The molecular weight excluding hydrogens is 280 g/mol. The fourth-order valence-electron chi connectivity index (χ4n) is 2.32. The first-order valence-electron chi connectivity index (χ1n) is 8.12. The van der Waals surface area contributed by atoms with Crippen molar-refractivity contribution in [1.82, 2.24) is 0 Å². The van der Waals surface area contributed by atoms with E-state index in [1.165, 1.54) is 5.57 Å². The van der Waals surface area contributed by atoms with Gasteiger partial charge in [-0.25, -0.2) is 0 Å². The molecule has 0 spiro atoms. The van der Waals surface area contributed by atoms with E-state index in [9.17, 15) is 4.79 Å². The molecule has 22 heavy (non-hydrogen) atoms. The van der Waals surface area contributed by atoms with Crippen molar-refractivity contribution < 1.29 is 19.0 Å². The van der Waals surface area contributed by atoms with Gasteiger partial charge in [0.25, 0.3) is 0 Å². The molecule has 1 rings (SSSR count). The second kappa shape index (κ2) is 7.14. The summed E-state index contributed by atoms with van der Waals surface area (Å²) < 4.78 is 16.8. The predicted molar refractivity (Wildman–Crippen MR) is 87.8 cm³/mol. The first-order valence-corrected chi connectivity index (χ1v) is 8.12. The number of hydrogen-bond acceptors (Lipinski definition) is 4. The van der Waals surface area contributed by atoms with Crippen LogP contribution in [0, 0.1) is 5.41 Å². The minimum absolute atomic E-state index is 0.0907. The van der Waals surface area contributed by atoms with Crippen LogP contribution >= 0.6 is 0 Å². The Balaban J connectivity index is 2.61. The van der Waals surface area contributed by atoms with E-state index in [4.69, 9.17) is 14.2 Å². The Morgan fingerprint density at radius 2 is 1.91 bits per heavy atom. The molecule has 0 bridgehead atoms. The maximum Gasteiger partial charge on any atom is 0.312 e. The Kier molecular flexibility index (Phi) is 6.22. The van der Waals surface area contributed by atoms with Gasteiger partial charge in [0.2, 0.25) is 0 Å². The van der Waals surface area contributed by atoms with Crippen LogP contribution in [0.25, 0.3) is 0 Å². The summed E-state index contributed by atoms with van der Waals surface area (Å²) in [5.74, 6) is -0.0907. The van der Waals surface area contributed by atoms with Crippen LogP contribution in [0.1, 0.15) is 60.8 Å². The largest absolute Gasteiger partial charge is 0.466 e. The Hall–Kier alpha value is -0.870. The highest BCUT2D eigenvalue weighted by Crippen LogP contribution is 2.37. The van der Waals surface area contributed by atoms with Gasteiger partial charge in [0.15, 0.2) is 0 Å². The number of carbonyl (C=O) groups excluding carboxylic acids is 1. The van der Waals surface area contributed by atoms with Crippen molar-refractivity contribution in [3.63, 3.8) is 0 Å². The molecule has 0 fully saturated rings. The summed E-state index contributed by atoms with van der Waals surface area (Å²) in [5.41, 5.74) is 0.120. The maximum atomic E-state index is 12.0. The lowest BCUT2D eigenvalue weighted by atomic mass is 9.76. The van der Waals surface area contributed by atoms with Gasteiger partial charge in [-0.1, -0.05) is 6.08 Å². The summed E-state index contributed by atoms with van der Waals surface area (Å²) in [6.45, 7) is 13.0. The standard InChI is InChI=1S/C18H32O4/c1-8-21-15(19)18(6)11-9-14(10-12-18)13-22-17(4,5)16(2,3)20-7/h9H,8,10-13H2,1-7H3. The zero-order valence-electron chi connectivity index (χ0n) is 15.2. The number of ether oxygens (including phenoxy) is 3. The summed E-state index contributed by atoms with van der Waals surface area (Å²) >= 11 is 0. The monoisotopic (exact) mass is 312 g/mol. The summed E-state index contributed by atoms with van der Waals surface area (Å²) in [6, 6.07) is 0. The van der Waals surface area contributed by atoms with Crippen LogP contribution in [-0.4, -0.2) is 37.5 Å². The molecular formula is C18H32O4. The zero-order valence-corrected chi connectivity index (χ0v) is 15.2. The fraction of sp³-hybridized carbons (Fsp3) is 0.833. The maximum absolute atomic E-state index is 12.0. The Morgan fingerprint density at radius 1 is 1.27 bits per heavy atom. The highest BCUT2D eigenvalue weighted by atomic mass is 16.6. The third-order valence-corrected chi connectivity index (χ3v) is 5.19. The zero-order chi connectivity index (χ0) is 17.0. The lowest BCUT2D eigenvalue weighted by molar-refractivity contribution is -0.159. The van der Waals surface area contributed by atoms with Crippen molar-refractivity contribution in [2.24, 2.45) is 5.41 Å². The molecule has 0 saturated heterocycles. The first-order chi connectivity index (χ1) is 10.1. The second-order valence-electron chi connectivity index (χ2n) is 7.36. The molecule has 1 aliphatic rings. The average Bonchev–Trinajstić information content (AvgIpc) is 2.46. The summed E-state index contributed by atoms with van der Waals surface area (Å²) in [7, 11) is 1.70. The van der Waals surface area contributed by atoms with Crippen molar-refractivity contribution in [1.29, 1.82) is 0 Å². The molecule has 1 aliphatic carbocycles. The smallest absolute Gasteiger partial charge is 0.312 e.